The molecule has 1 fully saturated rings. The Labute approximate surface area is 170 Å². The third kappa shape index (κ3) is 4.61. The van der Waals surface area contributed by atoms with Gasteiger partial charge in [-0.15, -0.1) is 0 Å². The normalized spacial score (nSPS) is 15.2. The van der Waals surface area contributed by atoms with E-state index in [1.165, 1.54) is 12.1 Å². The zero-order chi connectivity index (χ0) is 21.1. The highest BCUT2D eigenvalue weighted by atomic mass is 19.4. The fourth-order valence-electron chi connectivity index (χ4n) is 3.32. The number of carbonyl (C=O) groups excluding carboxylic acids is 1. The summed E-state index contributed by atoms with van der Waals surface area (Å²) in [5.41, 5.74) is 0.836. The zero-order valence-electron chi connectivity index (χ0n) is 15.9. The van der Waals surface area contributed by atoms with Crippen LogP contribution in [0.1, 0.15) is 18.4 Å². The van der Waals surface area contributed by atoms with Crippen molar-refractivity contribution in [3.63, 3.8) is 0 Å². The number of benzene rings is 2. The van der Waals surface area contributed by atoms with E-state index >= 15 is 0 Å². The molecular weight excluding hydrogens is 397 g/mol. The lowest BCUT2D eigenvalue weighted by Crippen LogP contribution is -2.43. The van der Waals surface area contributed by atoms with Gasteiger partial charge in [-0.3, -0.25) is 0 Å². The van der Waals surface area contributed by atoms with Crippen LogP contribution in [0.15, 0.2) is 54.7 Å². The number of para-hydroxylation sites is 2. The quantitative estimate of drug-likeness (QED) is 0.671. The number of urea groups is 1. The first-order chi connectivity index (χ1) is 14.4. The maximum atomic E-state index is 12.8. The van der Waals surface area contributed by atoms with Gasteiger partial charge in [0, 0.05) is 31.6 Å². The van der Waals surface area contributed by atoms with Crippen molar-refractivity contribution in [2.45, 2.75) is 25.1 Å². The van der Waals surface area contributed by atoms with Gasteiger partial charge in [-0.1, -0.05) is 18.2 Å². The van der Waals surface area contributed by atoms with Crippen molar-refractivity contribution in [2.24, 2.45) is 0 Å². The topological polar surface area (TPSA) is 67.4 Å². The molecule has 30 heavy (non-hydrogen) atoms. The summed E-state index contributed by atoms with van der Waals surface area (Å²) in [6, 6.07) is 11.6. The van der Waals surface area contributed by atoms with E-state index < -0.39 is 17.8 Å². The van der Waals surface area contributed by atoms with Crippen molar-refractivity contribution < 1.29 is 22.7 Å². The number of nitrogens with zero attached hydrogens (tertiary/aromatic N) is 3. The molecule has 3 aromatic rings. The van der Waals surface area contributed by atoms with E-state index in [0.29, 0.717) is 31.8 Å². The van der Waals surface area contributed by atoms with Crippen molar-refractivity contribution in [1.29, 1.82) is 0 Å². The van der Waals surface area contributed by atoms with E-state index in [2.05, 4.69) is 15.3 Å². The maximum absolute atomic E-state index is 12.8. The van der Waals surface area contributed by atoms with E-state index in [4.69, 9.17) is 4.74 Å². The number of piperidine rings is 1. The third-order valence-corrected chi connectivity index (χ3v) is 4.88. The van der Waals surface area contributed by atoms with Crippen LogP contribution in [0.2, 0.25) is 0 Å². The van der Waals surface area contributed by atoms with E-state index in [1.54, 1.807) is 11.1 Å². The van der Waals surface area contributed by atoms with Crippen LogP contribution in [0.3, 0.4) is 0 Å². The first-order valence-corrected chi connectivity index (χ1v) is 9.50. The summed E-state index contributed by atoms with van der Waals surface area (Å²) >= 11 is 0. The molecule has 1 aliphatic rings. The second-order valence-electron chi connectivity index (χ2n) is 7.01. The maximum Gasteiger partial charge on any atom is 0.416 e. The smallest absolute Gasteiger partial charge is 0.416 e. The van der Waals surface area contributed by atoms with Crippen LogP contribution in [0.4, 0.5) is 23.7 Å². The molecule has 0 atom stereocenters. The molecule has 4 rings (SSSR count). The van der Waals surface area contributed by atoms with Gasteiger partial charge in [0.1, 0.15) is 6.10 Å². The van der Waals surface area contributed by atoms with Gasteiger partial charge >= 0.3 is 12.2 Å². The largest absolute Gasteiger partial charge is 0.473 e. The summed E-state index contributed by atoms with van der Waals surface area (Å²) in [6.45, 7) is 0.854. The Morgan fingerprint density at radius 3 is 2.53 bits per heavy atom. The van der Waals surface area contributed by atoms with E-state index in [1.807, 2.05) is 24.3 Å². The van der Waals surface area contributed by atoms with E-state index in [0.717, 1.165) is 23.2 Å². The lowest BCUT2D eigenvalue weighted by Gasteiger charge is -2.32. The fraction of sp³-hybridized carbons (Fsp3) is 0.286. The van der Waals surface area contributed by atoms with Crippen molar-refractivity contribution in [1.82, 2.24) is 14.9 Å². The number of halogens is 3. The minimum absolute atomic E-state index is 0.111. The number of hydrogen-bond donors (Lipinski definition) is 1. The number of nitrogens with one attached hydrogen (secondary N) is 1. The molecule has 2 heterocycles. The zero-order valence-corrected chi connectivity index (χ0v) is 15.9. The van der Waals surface area contributed by atoms with Crippen LogP contribution >= 0.6 is 0 Å². The standard InChI is InChI=1S/C21H19F3N4O2/c22-21(23,24)14-4-3-5-15(12-14)26-20(29)28-10-8-16(9-11-28)30-19-13-25-17-6-1-2-7-18(17)27-19/h1-7,12-13,16H,8-11H2,(H,26,29). The molecule has 0 spiro atoms. The fourth-order valence-corrected chi connectivity index (χ4v) is 3.32. The molecular formula is C21H19F3N4O2. The van der Waals surface area contributed by atoms with Crippen LogP contribution in [-0.2, 0) is 6.18 Å². The van der Waals surface area contributed by atoms with Crippen molar-refractivity contribution in [2.75, 3.05) is 18.4 Å². The van der Waals surface area contributed by atoms with Gasteiger partial charge in [-0.05, 0) is 30.3 Å². The molecule has 2 amide bonds. The van der Waals surface area contributed by atoms with Crippen molar-refractivity contribution >= 4 is 22.8 Å². The Hall–Kier alpha value is -3.36. The number of carbonyl (C=O) groups is 1. The first kappa shape index (κ1) is 19.9. The van der Waals surface area contributed by atoms with Crippen LogP contribution in [0.25, 0.3) is 11.0 Å². The molecule has 0 unspecified atom stereocenters. The van der Waals surface area contributed by atoms with Gasteiger partial charge in [0.25, 0.3) is 0 Å². The molecule has 156 valence electrons. The molecule has 0 saturated carbocycles. The molecule has 1 aliphatic heterocycles. The summed E-state index contributed by atoms with van der Waals surface area (Å²) in [5.74, 6) is 0.431. The minimum Gasteiger partial charge on any atom is -0.473 e. The summed E-state index contributed by atoms with van der Waals surface area (Å²) in [6.07, 6.45) is -1.82. The number of amides is 2. The molecule has 9 heteroatoms. The number of fused-ring (bicyclic) bond motifs is 1. The number of aromatic nitrogens is 2. The van der Waals surface area contributed by atoms with Crippen LogP contribution in [-0.4, -0.2) is 40.1 Å². The Morgan fingerprint density at radius 2 is 1.80 bits per heavy atom. The van der Waals surface area contributed by atoms with Gasteiger partial charge < -0.3 is 15.0 Å². The van der Waals surface area contributed by atoms with E-state index in [9.17, 15) is 18.0 Å². The second kappa shape index (κ2) is 8.17. The summed E-state index contributed by atoms with van der Waals surface area (Å²) in [5, 5.41) is 2.53. The number of ether oxygens (including phenoxy) is 1. The highest BCUT2D eigenvalue weighted by Gasteiger charge is 2.31. The average molecular weight is 416 g/mol. The molecule has 1 N–H and O–H groups in total. The van der Waals surface area contributed by atoms with Gasteiger partial charge in [-0.2, -0.15) is 13.2 Å². The lowest BCUT2D eigenvalue weighted by atomic mass is 10.1. The number of anilines is 1. The van der Waals surface area contributed by atoms with Crippen LogP contribution in [0, 0.1) is 0 Å². The molecule has 1 saturated heterocycles. The van der Waals surface area contributed by atoms with Crippen LogP contribution < -0.4 is 10.1 Å². The van der Waals surface area contributed by atoms with Gasteiger partial charge in [0.2, 0.25) is 5.88 Å². The lowest BCUT2D eigenvalue weighted by molar-refractivity contribution is -0.137. The Bertz CT molecular complexity index is 1050. The summed E-state index contributed by atoms with van der Waals surface area (Å²) in [7, 11) is 0. The van der Waals surface area contributed by atoms with Crippen molar-refractivity contribution in [3.8, 4) is 5.88 Å². The summed E-state index contributed by atoms with van der Waals surface area (Å²) in [4.78, 5) is 22.7. The Balaban J connectivity index is 1.32. The van der Waals surface area contributed by atoms with Crippen LogP contribution in [0.5, 0.6) is 5.88 Å². The monoisotopic (exact) mass is 416 g/mol. The summed E-state index contributed by atoms with van der Waals surface area (Å²) < 4.78 is 44.4. The predicted octanol–water partition coefficient (Wildman–Crippen LogP) is 4.72. The number of likely N-dealkylation sites (tertiary alicyclic amines) is 1. The highest BCUT2D eigenvalue weighted by Crippen LogP contribution is 2.30. The van der Waals surface area contributed by atoms with Gasteiger partial charge in [-0.25, -0.2) is 14.8 Å². The Morgan fingerprint density at radius 1 is 1.07 bits per heavy atom. The Kier molecular flexibility index (Phi) is 5.43. The number of rotatable bonds is 3. The van der Waals surface area contributed by atoms with Crippen molar-refractivity contribution in [3.05, 3.63) is 60.3 Å². The molecule has 1 aromatic heterocycles. The third-order valence-electron chi connectivity index (χ3n) is 4.88. The molecule has 6 nitrogen and oxygen atoms in total. The second-order valence-corrected chi connectivity index (χ2v) is 7.01. The van der Waals surface area contributed by atoms with E-state index in [-0.39, 0.29) is 11.8 Å². The number of alkyl halides is 3. The predicted molar refractivity (Wildman–Crippen MR) is 105 cm³/mol. The van der Waals surface area contributed by atoms with Gasteiger partial charge in [0.05, 0.1) is 22.8 Å². The number of hydrogen-bond acceptors (Lipinski definition) is 4. The molecule has 0 radical (unpaired) electrons. The highest BCUT2D eigenvalue weighted by molar-refractivity contribution is 5.89. The minimum atomic E-state index is -4.46. The molecule has 0 aliphatic carbocycles. The SMILES string of the molecule is O=C(Nc1cccc(C(F)(F)F)c1)N1CCC(Oc2cnc3ccccc3n2)CC1. The molecule has 0 bridgehead atoms. The van der Waals surface area contributed by atoms with Gasteiger partial charge in [0.15, 0.2) is 0 Å². The molecule has 2 aromatic carbocycles. The average Bonchev–Trinajstić information content (AvgIpc) is 2.74. The first-order valence-electron chi connectivity index (χ1n) is 9.50.